The van der Waals surface area contributed by atoms with Gasteiger partial charge in [0.15, 0.2) is 6.17 Å². The summed E-state index contributed by atoms with van der Waals surface area (Å²) in [6.45, 7) is 9.64. The zero-order valence-corrected chi connectivity index (χ0v) is 37.4. The molecule has 1 unspecified atom stereocenters. The van der Waals surface area contributed by atoms with Gasteiger partial charge in [0.1, 0.15) is 24.2 Å². The van der Waals surface area contributed by atoms with Crippen LogP contribution in [-0.2, 0) is 34.9 Å². The minimum absolute atomic E-state index is 0.125. The van der Waals surface area contributed by atoms with E-state index in [4.69, 9.17) is 32.2 Å². The number of benzene rings is 2. The van der Waals surface area contributed by atoms with Crippen LogP contribution in [0, 0.1) is 17.3 Å². The van der Waals surface area contributed by atoms with E-state index in [1.54, 1.807) is 12.1 Å². The maximum Gasteiger partial charge on any atom is 0.497 e. The highest BCUT2D eigenvalue weighted by atomic mass is 16.7. The molecule has 6 aliphatic rings. The number of carbonyl (C=O) groups excluding carboxylic acids is 5. The number of rotatable bonds is 17. The lowest BCUT2D eigenvalue weighted by Gasteiger charge is -2.64. The van der Waals surface area contributed by atoms with Gasteiger partial charge in [-0.2, -0.15) is 0 Å². The fourth-order valence-electron chi connectivity index (χ4n) is 10.8. The SMILES string of the molecule is CCCCc1ccc(-c2ccc(C(=O)N3C[C@@H](N)C[C@H]3C(=O)N3CCC[C@H]3C(=O)N[C@@H](N)C(=O)N[C@@H](CCCCN)C(=O)N[C@@H](N)B3OC4C[C@@H]5C[C@@H](C5(C)C)[C@]4(C)O3)cc2)cc1. The zero-order chi connectivity index (χ0) is 45.2. The second-order valence-corrected chi connectivity index (χ2v) is 19.2. The third kappa shape index (κ3) is 9.69. The van der Waals surface area contributed by atoms with Crippen molar-refractivity contribution in [2.24, 2.45) is 40.2 Å². The van der Waals surface area contributed by atoms with Crippen LogP contribution >= 0.6 is 0 Å². The Morgan fingerprint density at radius 3 is 2.22 bits per heavy atom. The summed E-state index contributed by atoms with van der Waals surface area (Å²) in [7, 11) is -0.862. The van der Waals surface area contributed by atoms with Crippen LogP contribution in [0.15, 0.2) is 48.5 Å². The molecular weight excluding hydrogens is 801 g/mol. The molecule has 3 saturated heterocycles. The summed E-state index contributed by atoms with van der Waals surface area (Å²) in [5.74, 6) is -1.79. The molecule has 8 rings (SSSR count). The first-order chi connectivity index (χ1) is 30.0. The van der Waals surface area contributed by atoms with Gasteiger partial charge in [-0.25, -0.2) is 0 Å². The maximum atomic E-state index is 14.2. The van der Waals surface area contributed by atoms with Crippen LogP contribution in [0.3, 0.4) is 0 Å². The van der Waals surface area contributed by atoms with Crippen molar-refractivity contribution in [2.45, 2.75) is 146 Å². The molecule has 17 heteroatoms. The maximum absolute atomic E-state index is 14.2. The molecule has 5 amide bonds. The molecule has 3 aliphatic heterocycles. The first kappa shape index (κ1) is 46.6. The van der Waals surface area contributed by atoms with Crippen molar-refractivity contribution in [3.05, 3.63) is 59.7 Å². The first-order valence-corrected chi connectivity index (χ1v) is 23.1. The first-order valence-electron chi connectivity index (χ1n) is 23.1. The van der Waals surface area contributed by atoms with Gasteiger partial charge in [0.25, 0.3) is 11.8 Å². The van der Waals surface area contributed by atoms with E-state index in [0.717, 1.165) is 43.2 Å². The highest BCUT2D eigenvalue weighted by molar-refractivity contribution is 6.47. The minimum Gasteiger partial charge on any atom is -0.403 e. The number of nitrogens with zero attached hydrogens (tertiary/aromatic N) is 2. The van der Waals surface area contributed by atoms with Crippen molar-refractivity contribution in [3.63, 3.8) is 0 Å². The summed E-state index contributed by atoms with van der Waals surface area (Å²) in [6.07, 6.45) is 6.10. The molecule has 6 fully saturated rings. The van der Waals surface area contributed by atoms with E-state index in [0.29, 0.717) is 49.6 Å². The number of unbranched alkanes of at least 4 members (excludes halogenated alkanes) is 2. The zero-order valence-electron chi connectivity index (χ0n) is 37.4. The lowest BCUT2D eigenvalue weighted by Crippen LogP contribution is -2.65. The number of likely N-dealkylation sites (tertiary alicyclic amines) is 2. The Labute approximate surface area is 371 Å². The number of nitrogens with one attached hydrogen (secondary N) is 3. The molecule has 0 spiro atoms. The van der Waals surface area contributed by atoms with Crippen molar-refractivity contribution in [2.75, 3.05) is 19.6 Å². The second-order valence-electron chi connectivity index (χ2n) is 19.2. The van der Waals surface area contributed by atoms with Crippen LogP contribution in [0.25, 0.3) is 11.1 Å². The summed E-state index contributed by atoms with van der Waals surface area (Å²) in [5.41, 5.74) is 28.1. The van der Waals surface area contributed by atoms with Gasteiger partial charge in [-0.05, 0) is 124 Å². The predicted molar refractivity (Wildman–Crippen MR) is 240 cm³/mol. The van der Waals surface area contributed by atoms with E-state index in [2.05, 4.69) is 67.9 Å². The molecule has 3 saturated carbocycles. The molecule has 10 atom stereocenters. The van der Waals surface area contributed by atoms with Crippen LogP contribution in [0.2, 0.25) is 0 Å². The van der Waals surface area contributed by atoms with E-state index in [1.165, 1.54) is 15.4 Å². The standard InChI is InChI=1S/C46H68BN9O7/c1-5-6-10-27-13-15-28(16-14-27)29-17-19-30(20-18-29)42(60)56-26-32(49)25-35(56)43(61)55-22-9-12-34(55)40(58)53-38(50)41(59)52-33(11-7-8-21-48)39(57)54-44(51)47-62-37-24-31-23-36(45(31,2)3)46(37,4)63-47/h13-20,31-38,44H,5-12,21-26,48-51H2,1-4H3,(H,52,59)(H,53,58)(H,54,57)/t31-,32-,33-,34-,35-,36-,37?,38+,44+,46-/m0/s1. The van der Waals surface area contributed by atoms with E-state index in [-0.39, 0.29) is 49.3 Å². The lowest BCUT2D eigenvalue weighted by atomic mass is 9.43. The summed E-state index contributed by atoms with van der Waals surface area (Å²) in [4.78, 5) is 71.9. The fraction of sp³-hybridized carbons (Fsp3) is 0.630. The number of aryl methyl sites for hydroxylation is 1. The summed E-state index contributed by atoms with van der Waals surface area (Å²) < 4.78 is 12.7. The molecule has 11 N–H and O–H groups in total. The Bertz CT molecular complexity index is 1990. The van der Waals surface area contributed by atoms with Crippen molar-refractivity contribution in [1.29, 1.82) is 0 Å². The Morgan fingerprint density at radius 1 is 0.857 bits per heavy atom. The van der Waals surface area contributed by atoms with Crippen molar-refractivity contribution < 1.29 is 33.3 Å². The second kappa shape index (κ2) is 19.4. The van der Waals surface area contributed by atoms with Gasteiger partial charge in [0.2, 0.25) is 17.7 Å². The quantitative estimate of drug-likeness (QED) is 0.0688. The Morgan fingerprint density at radius 2 is 1.56 bits per heavy atom. The molecule has 0 radical (unpaired) electrons. The fourth-order valence-corrected chi connectivity index (χ4v) is 10.8. The van der Waals surface area contributed by atoms with Crippen LogP contribution in [0.1, 0.15) is 108 Å². The van der Waals surface area contributed by atoms with Gasteiger partial charge >= 0.3 is 7.12 Å². The Balaban J connectivity index is 0.936. The molecule has 3 heterocycles. The summed E-state index contributed by atoms with van der Waals surface area (Å²) >= 11 is 0. The molecule has 3 aliphatic carbocycles. The van der Waals surface area contributed by atoms with Crippen molar-refractivity contribution in [3.8, 4) is 11.1 Å². The van der Waals surface area contributed by atoms with Crippen molar-refractivity contribution >= 4 is 36.7 Å². The Hall–Kier alpha value is -4.39. The minimum atomic E-state index is -1.53. The molecule has 2 aromatic carbocycles. The average Bonchev–Trinajstić information content (AvgIpc) is 4.02. The van der Waals surface area contributed by atoms with Crippen LogP contribution in [-0.4, -0.2) is 114 Å². The third-order valence-electron chi connectivity index (χ3n) is 14.7. The Kier molecular flexibility index (Phi) is 14.3. The molecule has 63 heavy (non-hydrogen) atoms. The van der Waals surface area contributed by atoms with Crippen molar-refractivity contribution in [1.82, 2.24) is 25.8 Å². The number of amides is 5. The normalized spacial score (nSPS) is 28.4. The lowest BCUT2D eigenvalue weighted by molar-refractivity contribution is -0.199. The predicted octanol–water partition coefficient (Wildman–Crippen LogP) is 1.91. The van der Waals surface area contributed by atoms with Gasteiger partial charge in [-0.1, -0.05) is 63.6 Å². The molecular formula is C46H68BN9O7. The van der Waals surface area contributed by atoms with Crippen LogP contribution in [0.5, 0.6) is 0 Å². The largest absolute Gasteiger partial charge is 0.497 e. The van der Waals surface area contributed by atoms with Gasteiger partial charge in [0, 0.05) is 24.7 Å². The van der Waals surface area contributed by atoms with Gasteiger partial charge < -0.3 is 58.0 Å². The van der Waals surface area contributed by atoms with E-state index < -0.39 is 66.8 Å². The van der Waals surface area contributed by atoms with Crippen LogP contribution in [0.4, 0.5) is 0 Å². The highest BCUT2D eigenvalue weighted by Crippen LogP contribution is 2.65. The van der Waals surface area contributed by atoms with Gasteiger partial charge in [-0.3, -0.25) is 24.0 Å². The molecule has 0 aromatic heterocycles. The summed E-state index contributed by atoms with van der Waals surface area (Å²) in [6, 6.07) is 11.5. The number of nitrogens with two attached hydrogens (primary N) is 4. The number of hydrogen-bond acceptors (Lipinski definition) is 11. The van der Waals surface area contributed by atoms with Gasteiger partial charge in [-0.15, -0.1) is 0 Å². The molecule has 2 bridgehead atoms. The van der Waals surface area contributed by atoms with E-state index in [9.17, 15) is 24.0 Å². The number of carbonyl (C=O) groups is 5. The molecule has 2 aromatic rings. The third-order valence-corrected chi connectivity index (χ3v) is 14.7. The van der Waals surface area contributed by atoms with E-state index in [1.807, 2.05) is 12.1 Å². The average molecular weight is 870 g/mol. The van der Waals surface area contributed by atoms with E-state index >= 15 is 0 Å². The van der Waals surface area contributed by atoms with Crippen LogP contribution < -0.4 is 38.9 Å². The smallest absolute Gasteiger partial charge is 0.403 e. The monoisotopic (exact) mass is 870 g/mol. The van der Waals surface area contributed by atoms with Gasteiger partial charge in [0.05, 0.1) is 11.7 Å². The topological polar surface area (TPSA) is 250 Å². The summed E-state index contributed by atoms with van der Waals surface area (Å²) in [5, 5.41) is 8.01. The highest BCUT2D eigenvalue weighted by Gasteiger charge is 2.68. The molecule has 16 nitrogen and oxygen atoms in total. The molecule has 342 valence electrons. The number of hydrogen-bond donors (Lipinski definition) is 7.